The van der Waals surface area contributed by atoms with E-state index in [1.54, 1.807) is 0 Å². The standard InChI is InChI=1S/C12H20N2S.ClH/c1-9-7-13-4-5-14(9)8-12-6-10(2)15-11(12)3;/h6,9,13H,4-5,7-8H2,1-3H3;1H/t9-;/m1./s1. The van der Waals surface area contributed by atoms with Crippen molar-refractivity contribution in [3.8, 4) is 0 Å². The molecule has 1 aliphatic rings. The van der Waals surface area contributed by atoms with Gasteiger partial charge in [0, 0.05) is 42.0 Å². The number of nitrogens with one attached hydrogen (secondary N) is 1. The molecule has 0 saturated carbocycles. The third-order valence-electron chi connectivity index (χ3n) is 3.16. The van der Waals surface area contributed by atoms with E-state index in [-0.39, 0.29) is 12.4 Å². The summed E-state index contributed by atoms with van der Waals surface area (Å²) in [6.45, 7) is 11.3. The summed E-state index contributed by atoms with van der Waals surface area (Å²) in [5.41, 5.74) is 1.52. The van der Waals surface area contributed by atoms with E-state index in [1.165, 1.54) is 21.9 Å². The van der Waals surface area contributed by atoms with Gasteiger partial charge in [-0.1, -0.05) is 0 Å². The third kappa shape index (κ3) is 3.20. The summed E-state index contributed by atoms with van der Waals surface area (Å²) < 4.78 is 0. The van der Waals surface area contributed by atoms with E-state index in [9.17, 15) is 0 Å². The largest absolute Gasteiger partial charge is 0.314 e. The highest BCUT2D eigenvalue weighted by Gasteiger charge is 2.18. The molecule has 2 rings (SSSR count). The molecule has 1 aromatic heterocycles. The van der Waals surface area contributed by atoms with Gasteiger partial charge in [0.05, 0.1) is 0 Å². The smallest absolute Gasteiger partial charge is 0.0248 e. The second-order valence-corrected chi connectivity index (χ2v) is 5.92. The van der Waals surface area contributed by atoms with Gasteiger partial charge in [-0.3, -0.25) is 4.90 Å². The molecule has 0 radical (unpaired) electrons. The van der Waals surface area contributed by atoms with Crippen molar-refractivity contribution >= 4 is 23.7 Å². The normalized spacial score (nSPS) is 21.8. The van der Waals surface area contributed by atoms with Gasteiger partial charge in [-0.15, -0.1) is 23.7 Å². The van der Waals surface area contributed by atoms with Gasteiger partial charge in [-0.05, 0) is 32.4 Å². The summed E-state index contributed by atoms with van der Waals surface area (Å²) in [5.74, 6) is 0. The molecule has 1 aromatic rings. The van der Waals surface area contributed by atoms with Crippen molar-refractivity contribution in [2.45, 2.75) is 33.4 Å². The van der Waals surface area contributed by atoms with E-state index in [2.05, 4.69) is 37.1 Å². The van der Waals surface area contributed by atoms with Crippen LogP contribution in [0.1, 0.15) is 22.2 Å². The summed E-state index contributed by atoms with van der Waals surface area (Å²) >= 11 is 1.92. The molecular weight excluding hydrogens is 240 g/mol. The first kappa shape index (κ1) is 14.0. The van der Waals surface area contributed by atoms with E-state index >= 15 is 0 Å². The monoisotopic (exact) mass is 260 g/mol. The molecule has 1 atom stereocenters. The van der Waals surface area contributed by atoms with Gasteiger partial charge in [0.15, 0.2) is 0 Å². The van der Waals surface area contributed by atoms with Crippen LogP contribution in [0.4, 0.5) is 0 Å². The number of hydrogen-bond acceptors (Lipinski definition) is 3. The molecule has 2 heterocycles. The van der Waals surface area contributed by atoms with Crippen LogP contribution < -0.4 is 5.32 Å². The molecule has 0 unspecified atom stereocenters. The average molecular weight is 261 g/mol. The van der Waals surface area contributed by atoms with Crippen molar-refractivity contribution in [1.82, 2.24) is 10.2 Å². The van der Waals surface area contributed by atoms with Crippen molar-refractivity contribution < 1.29 is 0 Å². The summed E-state index contributed by atoms with van der Waals surface area (Å²) in [6.07, 6.45) is 0. The predicted octanol–water partition coefficient (Wildman–Crippen LogP) is 2.58. The molecule has 0 aliphatic carbocycles. The molecule has 16 heavy (non-hydrogen) atoms. The Kier molecular flexibility index (Phi) is 5.25. The van der Waals surface area contributed by atoms with Gasteiger partial charge in [-0.2, -0.15) is 0 Å². The highest BCUT2D eigenvalue weighted by atomic mass is 35.5. The van der Waals surface area contributed by atoms with Gasteiger partial charge in [0.1, 0.15) is 0 Å². The number of aryl methyl sites for hydroxylation is 2. The van der Waals surface area contributed by atoms with Crippen LogP contribution >= 0.6 is 23.7 Å². The molecule has 1 aliphatic heterocycles. The van der Waals surface area contributed by atoms with Crippen molar-refractivity contribution in [3.05, 3.63) is 21.4 Å². The van der Waals surface area contributed by atoms with E-state index in [4.69, 9.17) is 0 Å². The molecular formula is C12H21ClN2S. The first-order valence-electron chi connectivity index (χ1n) is 5.67. The molecule has 92 valence electrons. The van der Waals surface area contributed by atoms with Crippen LogP contribution in [-0.2, 0) is 6.54 Å². The maximum absolute atomic E-state index is 3.43. The van der Waals surface area contributed by atoms with Crippen LogP contribution in [0.25, 0.3) is 0 Å². The summed E-state index contributed by atoms with van der Waals surface area (Å²) in [4.78, 5) is 5.49. The van der Waals surface area contributed by atoms with Crippen LogP contribution in [0.3, 0.4) is 0 Å². The van der Waals surface area contributed by atoms with Crippen LogP contribution in [-0.4, -0.2) is 30.6 Å². The molecule has 1 saturated heterocycles. The molecule has 2 nitrogen and oxygen atoms in total. The number of nitrogens with zero attached hydrogens (tertiary/aromatic N) is 1. The lowest BCUT2D eigenvalue weighted by atomic mass is 10.1. The van der Waals surface area contributed by atoms with E-state index in [0.29, 0.717) is 6.04 Å². The molecule has 0 amide bonds. The topological polar surface area (TPSA) is 15.3 Å². The lowest BCUT2D eigenvalue weighted by molar-refractivity contribution is 0.165. The SMILES string of the molecule is Cc1cc(CN2CCNC[C@H]2C)c(C)s1.Cl. The third-order valence-corrected chi connectivity index (χ3v) is 4.16. The number of rotatable bonds is 2. The zero-order chi connectivity index (χ0) is 10.8. The average Bonchev–Trinajstić information content (AvgIpc) is 2.49. The van der Waals surface area contributed by atoms with Gasteiger partial charge < -0.3 is 5.32 Å². The van der Waals surface area contributed by atoms with Crippen molar-refractivity contribution in [3.63, 3.8) is 0 Å². The zero-order valence-electron chi connectivity index (χ0n) is 10.2. The van der Waals surface area contributed by atoms with Gasteiger partial charge in [0.25, 0.3) is 0 Å². The van der Waals surface area contributed by atoms with Crippen LogP contribution in [0, 0.1) is 13.8 Å². The quantitative estimate of drug-likeness (QED) is 0.879. The van der Waals surface area contributed by atoms with E-state index in [1.807, 2.05) is 11.3 Å². The Morgan fingerprint density at radius 2 is 2.25 bits per heavy atom. The fourth-order valence-electron chi connectivity index (χ4n) is 2.18. The minimum Gasteiger partial charge on any atom is -0.314 e. The van der Waals surface area contributed by atoms with Gasteiger partial charge in [-0.25, -0.2) is 0 Å². The fraction of sp³-hybridized carbons (Fsp3) is 0.667. The first-order chi connectivity index (χ1) is 7.16. The second kappa shape index (κ2) is 6.01. The molecule has 0 spiro atoms. The summed E-state index contributed by atoms with van der Waals surface area (Å²) in [5, 5.41) is 3.43. The Morgan fingerprint density at radius 3 is 2.81 bits per heavy atom. The Labute approximate surface area is 108 Å². The van der Waals surface area contributed by atoms with E-state index in [0.717, 1.165) is 19.6 Å². The number of halogens is 1. The van der Waals surface area contributed by atoms with Gasteiger partial charge >= 0.3 is 0 Å². The zero-order valence-corrected chi connectivity index (χ0v) is 11.9. The Bertz CT molecular complexity index is 338. The number of piperazine rings is 1. The predicted molar refractivity (Wildman–Crippen MR) is 73.8 cm³/mol. The Balaban J connectivity index is 0.00000128. The maximum Gasteiger partial charge on any atom is 0.0248 e. The Hall–Kier alpha value is -0.0900. The van der Waals surface area contributed by atoms with Gasteiger partial charge in [0.2, 0.25) is 0 Å². The molecule has 4 heteroatoms. The minimum absolute atomic E-state index is 0. The van der Waals surface area contributed by atoms with Crippen molar-refractivity contribution in [2.24, 2.45) is 0 Å². The lowest BCUT2D eigenvalue weighted by Gasteiger charge is -2.33. The van der Waals surface area contributed by atoms with Crippen LogP contribution in [0.5, 0.6) is 0 Å². The summed E-state index contributed by atoms with van der Waals surface area (Å²) in [7, 11) is 0. The summed E-state index contributed by atoms with van der Waals surface area (Å²) in [6, 6.07) is 3.01. The Morgan fingerprint density at radius 1 is 1.50 bits per heavy atom. The van der Waals surface area contributed by atoms with Crippen molar-refractivity contribution in [2.75, 3.05) is 19.6 Å². The van der Waals surface area contributed by atoms with E-state index < -0.39 is 0 Å². The molecule has 1 fully saturated rings. The number of hydrogen-bond donors (Lipinski definition) is 1. The highest BCUT2D eigenvalue weighted by molar-refractivity contribution is 7.12. The van der Waals surface area contributed by atoms with Crippen LogP contribution in [0.15, 0.2) is 6.07 Å². The fourth-order valence-corrected chi connectivity index (χ4v) is 3.12. The van der Waals surface area contributed by atoms with Crippen molar-refractivity contribution in [1.29, 1.82) is 0 Å². The maximum atomic E-state index is 3.43. The minimum atomic E-state index is 0. The molecule has 0 aromatic carbocycles. The second-order valence-electron chi connectivity index (χ2n) is 4.46. The number of thiophene rings is 1. The van der Waals surface area contributed by atoms with Crippen LogP contribution in [0.2, 0.25) is 0 Å². The molecule has 1 N–H and O–H groups in total. The highest BCUT2D eigenvalue weighted by Crippen LogP contribution is 2.22. The molecule has 0 bridgehead atoms. The first-order valence-corrected chi connectivity index (χ1v) is 6.49. The lowest BCUT2D eigenvalue weighted by Crippen LogP contribution is -2.49.